The Bertz CT molecular complexity index is 996. The third kappa shape index (κ3) is 7.33. The largest absolute Gasteiger partial charge is 0.383 e. The molecule has 1 amide bonds. The quantitative estimate of drug-likeness (QED) is 0.497. The van der Waals surface area contributed by atoms with Gasteiger partial charge in [0.15, 0.2) is 0 Å². The molecule has 2 aromatic carbocycles. The maximum absolute atomic E-state index is 13.5. The summed E-state index contributed by atoms with van der Waals surface area (Å²) in [6.45, 7) is 3.26. The summed E-state index contributed by atoms with van der Waals surface area (Å²) in [5.41, 5.74) is 1.27. The molecule has 3 rings (SSSR count). The van der Waals surface area contributed by atoms with Gasteiger partial charge in [-0.25, -0.2) is 12.8 Å². The first-order chi connectivity index (χ1) is 15.9. The van der Waals surface area contributed by atoms with Crippen LogP contribution in [0.5, 0.6) is 0 Å². The molecule has 1 saturated heterocycles. The van der Waals surface area contributed by atoms with E-state index in [0.717, 1.165) is 25.5 Å². The standard InChI is InChI=1S/C24H32FN3O4S/c1-32-18-17-26(12-6-9-21-7-3-2-4-8-21)20-24(29)27-13-15-28(16-14-27)33(30,31)23-11-5-10-22(25)19-23/h2-5,7-8,10-11,19H,6,9,12-18,20H2,1H3. The lowest BCUT2D eigenvalue weighted by molar-refractivity contribution is -0.133. The molecule has 0 saturated carbocycles. The van der Waals surface area contributed by atoms with Crippen LogP contribution in [0.2, 0.25) is 0 Å². The summed E-state index contributed by atoms with van der Waals surface area (Å²) >= 11 is 0. The van der Waals surface area contributed by atoms with Crippen LogP contribution >= 0.6 is 0 Å². The van der Waals surface area contributed by atoms with Crippen molar-refractivity contribution in [1.82, 2.24) is 14.1 Å². The van der Waals surface area contributed by atoms with Crippen molar-refractivity contribution in [2.45, 2.75) is 17.7 Å². The second-order valence-corrected chi connectivity index (χ2v) is 10.0. The summed E-state index contributed by atoms with van der Waals surface area (Å²) in [4.78, 5) is 16.6. The molecule has 1 aliphatic rings. The highest BCUT2D eigenvalue weighted by Crippen LogP contribution is 2.18. The van der Waals surface area contributed by atoms with Gasteiger partial charge in [0, 0.05) is 39.8 Å². The molecule has 0 bridgehead atoms. The Morgan fingerprint density at radius 3 is 2.42 bits per heavy atom. The van der Waals surface area contributed by atoms with Gasteiger partial charge < -0.3 is 9.64 Å². The number of hydrogen-bond acceptors (Lipinski definition) is 5. The van der Waals surface area contributed by atoms with Gasteiger partial charge in [0.1, 0.15) is 5.82 Å². The van der Waals surface area contributed by atoms with Gasteiger partial charge in [0.25, 0.3) is 0 Å². The van der Waals surface area contributed by atoms with Crippen LogP contribution in [0, 0.1) is 5.82 Å². The summed E-state index contributed by atoms with van der Waals surface area (Å²) in [5.74, 6) is -0.609. The van der Waals surface area contributed by atoms with E-state index in [1.54, 1.807) is 12.0 Å². The van der Waals surface area contributed by atoms with E-state index in [-0.39, 0.29) is 30.4 Å². The van der Waals surface area contributed by atoms with Crippen LogP contribution in [-0.2, 0) is 26.0 Å². The molecule has 0 N–H and O–H groups in total. The Hall–Kier alpha value is -2.33. The first-order valence-corrected chi connectivity index (χ1v) is 12.6. The predicted molar refractivity (Wildman–Crippen MR) is 125 cm³/mol. The lowest BCUT2D eigenvalue weighted by Gasteiger charge is -2.35. The third-order valence-corrected chi connectivity index (χ3v) is 7.67. The van der Waals surface area contributed by atoms with Crippen LogP contribution < -0.4 is 0 Å². The van der Waals surface area contributed by atoms with E-state index in [2.05, 4.69) is 17.0 Å². The van der Waals surface area contributed by atoms with Gasteiger partial charge in [-0.1, -0.05) is 36.4 Å². The number of nitrogens with zero attached hydrogens (tertiary/aromatic N) is 3. The Morgan fingerprint density at radius 1 is 1.03 bits per heavy atom. The van der Waals surface area contributed by atoms with E-state index >= 15 is 0 Å². The number of carbonyl (C=O) groups excluding carboxylic acids is 1. The molecule has 33 heavy (non-hydrogen) atoms. The van der Waals surface area contributed by atoms with E-state index < -0.39 is 15.8 Å². The van der Waals surface area contributed by atoms with Crippen molar-refractivity contribution in [1.29, 1.82) is 0 Å². The predicted octanol–water partition coefficient (Wildman–Crippen LogP) is 2.24. The maximum Gasteiger partial charge on any atom is 0.243 e. The minimum atomic E-state index is -3.78. The van der Waals surface area contributed by atoms with Crippen LogP contribution in [0.3, 0.4) is 0 Å². The number of methoxy groups -OCH3 is 1. The molecule has 1 fully saturated rings. The maximum atomic E-state index is 13.5. The number of halogens is 1. The van der Waals surface area contributed by atoms with Crippen LogP contribution in [-0.4, -0.2) is 88.0 Å². The smallest absolute Gasteiger partial charge is 0.243 e. The first-order valence-electron chi connectivity index (χ1n) is 11.2. The van der Waals surface area contributed by atoms with Crippen molar-refractivity contribution in [3.8, 4) is 0 Å². The highest BCUT2D eigenvalue weighted by atomic mass is 32.2. The molecule has 1 heterocycles. The molecule has 0 radical (unpaired) electrons. The van der Waals surface area contributed by atoms with Crippen molar-refractivity contribution in [2.24, 2.45) is 0 Å². The van der Waals surface area contributed by atoms with Crippen molar-refractivity contribution >= 4 is 15.9 Å². The SMILES string of the molecule is COCCN(CCCc1ccccc1)CC(=O)N1CCN(S(=O)(=O)c2cccc(F)c2)CC1. The van der Waals surface area contributed by atoms with Gasteiger partial charge in [0.05, 0.1) is 18.0 Å². The molecular weight excluding hydrogens is 445 g/mol. The lowest BCUT2D eigenvalue weighted by Crippen LogP contribution is -2.52. The van der Waals surface area contributed by atoms with E-state index in [0.29, 0.717) is 26.2 Å². The highest BCUT2D eigenvalue weighted by Gasteiger charge is 2.30. The second kappa shape index (κ2) is 12.2. The van der Waals surface area contributed by atoms with E-state index in [1.165, 1.54) is 28.1 Å². The van der Waals surface area contributed by atoms with E-state index in [1.807, 2.05) is 18.2 Å². The van der Waals surface area contributed by atoms with Crippen molar-refractivity contribution in [3.05, 3.63) is 66.0 Å². The van der Waals surface area contributed by atoms with Crippen molar-refractivity contribution < 1.29 is 22.3 Å². The Labute approximate surface area is 195 Å². The molecular formula is C24H32FN3O4S. The number of carbonyl (C=O) groups is 1. The fourth-order valence-electron chi connectivity index (χ4n) is 3.89. The van der Waals surface area contributed by atoms with Gasteiger partial charge in [-0.3, -0.25) is 9.69 Å². The van der Waals surface area contributed by atoms with Gasteiger partial charge in [-0.2, -0.15) is 4.31 Å². The van der Waals surface area contributed by atoms with Crippen LogP contribution in [0.15, 0.2) is 59.5 Å². The number of amides is 1. The number of ether oxygens (including phenoxy) is 1. The van der Waals surface area contributed by atoms with Gasteiger partial charge in [-0.15, -0.1) is 0 Å². The molecule has 0 atom stereocenters. The fraction of sp³-hybridized carbons (Fsp3) is 0.458. The van der Waals surface area contributed by atoms with Crippen LogP contribution in [0.4, 0.5) is 4.39 Å². The van der Waals surface area contributed by atoms with Crippen LogP contribution in [0.25, 0.3) is 0 Å². The first kappa shape index (κ1) is 25.3. The molecule has 0 spiro atoms. The van der Waals surface area contributed by atoms with Crippen LogP contribution in [0.1, 0.15) is 12.0 Å². The molecule has 7 nitrogen and oxygen atoms in total. The summed E-state index contributed by atoms with van der Waals surface area (Å²) in [6, 6.07) is 15.2. The number of sulfonamides is 1. The normalized spacial score (nSPS) is 15.2. The lowest BCUT2D eigenvalue weighted by atomic mass is 10.1. The average Bonchev–Trinajstić information content (AvgIpc) is 2.83. The van der Waals surface area contributed by atoms with E-state index in [9.17, 15) is 17.6 Å². The topological polar surface area (TPSA) is 70.2 Å². The Kier molecular flexibility index (Phi) is 9.37. The fourth-order valence-corrected chi connectivity index (χ4v) is 5.34. The summed E-state index contributed by atoms with van der Waals surface area (Å²) in [6.07, 6.45) is 1.87. The summed E-state index contributed by atoms with van der Waals surface area (Å²) < 4.78 is 45.6. The molecule has 0 unspecified atom stereocenters. The molecule has 180 valence electrons. The minimum absolute atomic E-state index is 0.0198. The molecule has 0 aromatic heterocycles. The number of aryl methyl sites for hydroxylation is 1. The molecule has 2 aromatic rings. The number of piperazine rings is 1. The zero-order valence-corrected chi connectivity index (χ0v) is 19.8. The second-order valence-electron chi connectivity index (χ2n) is 8.10. The summed E-state index contributed by atoms with van der Waals surface area (Å²) in [5, 5.41) is 0. The zero-order chi connectivity index (χ0) is 23.7. The number of rotatable bonds is 11. The molecule has 9 heteroatoms. The van der Waals surface area contributed by atoms with Gasteiger partial charge in [0.2, 0.25) is 15.9 Å². The van der Waals surface area contributed by atoms with Crippen molar-refractivity contribution in [2.75, 3.05) is 59.5 Å². The summed E-state index contributed by atoms with van der Waals surface area (Å²) in [7, 11) is -2.14. The third-order valence-electron chi connectivity index (χ3n) is 5.78. The van der Waals surface area contributed by atoms with Gasteiger partial charge in [-0.05, 0) is 43.1 Å². The number of hydrogen-bond donors (Lipinski definition) is 0. The molecule has 0 aliphatic carbocycles. The van der Waals surface area contributed by atoms with E-state index in [4.69, 9.17) is 4.74 Å². The zero-order valence-electron chi connectivity index (χ0n) is 19.0. The highest BCUT2D eigenvalue weighted by molar-refractivity contribution is 7.89. The molecule has 1 aliphatic heterocycles. The minimum Gasteiger partial charge on any atom is -0.383 e. The monoisotopic (exact) mass is 477 g/mol. The average molecular weight is 478 g/mol. The Balaban J connectivity index is 1.51. The van der Waals surface area contributed by atoms with Crippen molar-refractivity contribution in [3.63, 3.8) is 0 Å². The number of benzene rings is 2. The Morgan fingerprint density at radius 2 is 1.76 bits per heavy atom. The van der Waals surface area contributed by atoms with Gasteiger partial charge >= 0.3 is 0 Å².